The number of aliphatic hydroxyl groups is 1. The Hall–Kier alpha value is -1.59. The highest BCUT2D eigenvalue weighted by Crippen LogP contribution is 2.16. The van der Waals surface area contributed by atoms with Gasteiger partial charge in [0.05, 0.1) is 0 Å². The van der Waals surface area contributed by atoms with Crippen LogP contribution >= 0.6 is 0 Å². The van der Waals surface area contributed by atoms with Crippen LogP contribution in [0.15, 0.2) is 24.3 Å². The SMILES string of the molecule is CCC(CCO)NC(=O)NCc1ccccc1CN1CCCCCC1. The number of rotatable bonds is 8. The molecule has 2 rings (SSSR count). The minimum Gasteiger partial charge on any atom is -0.396 e. The smallest absolute Gasteiger partial charge is 0.315 e. The van der Waals surface area contributed by atoms with E-state index in [1.54, 1.807) is 0 Å². The standard InChI is InChI=1S/C20H33N3O2/c1-2-19(11-14-24)22-20(25)21-15-17-9-5-6-10-18(17)16-23-12-7-3-4-8-13-23/h5-6,9-10,19,24H,2-4,7-8,11-16H2,1H3,(H2,21,22,25). The molecule has 1 fully saturated rings. The summed E-state index contributed by atoms with van der Waals surface area (Å²) in [5.41, 5.74) is 2.48. The van der Waals surface area contributed by atoms with E-state index in [2.05, 4.69) is 33.7 Å². The zero-order chi connectivity index (χ0) is 17.9. The van der Waals surface area contributed by atoms with Crippen molar-refractivity contribution in [2.75, 3.05) is 19.7 Å². The lowest BCUT2D eigenvalue weighted by Gasteiger charge is -2.22. The highest BCUT2D eigenvalue weighted by Gasteiger charge is 2.13. The number of carbonyl (C=O) groups excluding carboxylic acids is 1. The van der Waals surface area contributed by atoms with Gasteiger partial charge < -0.3 is 15.7 Å². The van der Waals surface area contributed by atoms with Crippen molar-refractivity contribution < 1.29 is 9.90 Å². The van der Waals surface area contributed by atoms with Gasteiger partial charge in [-0.25, -0.2) is 4.79 Å². The number of nitrogens with zero attached hydrogens (tertiary/aromatic N) is 1. The second-order valence-electron chi connectivity index (χ2n) is 6.90. The molecule has 25 heavy (non-hydrogen) atoms. The van der Waals surface area contributed by atoms with E-state index >= 15 is 0 Å². The molecule has 0 radical (unpaired) electrons. The summed E-state index contributed by atoms with van der Waals surface area (Å²) < 4.78 is 0. The molecule has 1 aliphatic heterocycles. The van der Waals surface area contributed by atoms with Crippen molar-refractivity contribution in [3.8, 4) is 0 Å². The monoisotopic (exact) mass is 347 g/mol. The highest BCUT2D eigenvalue weighted by atomic mass is 16.3. The van der Waals surface area contributed by atoms with E-state index in [1.807, 2.05) is 13.0 Å². The number of benzene rings is 1. The van der Waals surface area contributed by atoms with Gasteiger partial charge in [-0.05, 0) is 49.9 Å². The second kappa shape index (κ2) is 11.1. The second-order valence-corrected chi connectivity index (χ2v) is 6.90. The van der Waals surface area contributed by atoms with E-state index in [9.17, 15) is 4.79 Å². The van der Waals surface area contributed by atoms with Crippen LogP contribution in [0.4, 0.5) is 4.79 Å². The number of hydrogen-bond acceptors (Lipinski definition) is 3. The molecular weight excluding hydrogens is 314 g/mol. The first-order valence-corrected chi connectivity index (χ1v) is 9.67. The maximum absolute atomic E-state index is 12.1. The fourth-order valence-corrected chi connectivity index (χ4v) is 3.37. The van der Waals surface area contributed by atoms with Crippen LogP contribution in [-0.4, -0.2) is 41.8 Å². The van der Waals surface area contributed by atoms with E-state index in [0.29, 0.717) is 13.0 Å². The molecule has 1 aromatic rings. The average Bonchev–Trinajstić information content (AvgIpc) is 2.89. The Morgan fingerprint density at radius 1 is 1.16 bits per heavy atom. The third-order valence-corrected chi connectivity index (χ3v) is 4.96. The summed E-state index contributed by atoms with van der Waals surface area (Å²) in [6, 6.07) is 8.23. The minimum atomic E-state index is -0.162. The van der Waals surface area contributed by atoms with E-state index in [4.69, 9.17) is 5.11 Å². The Morgan fingerprint density at radius 3 is 2.48 bits per heavy atom. The van der Waals surface area contributed by atoms with Crippen LogP contribution in [0.25, 0.3) is 0 Å². The Kier molecular flexibility index (Phi) is 8.77. The Labute approximate surface area is 151 Å². The summed E-state index contributed by atoms with van der Waals surface area (Å²) in [6.45, 7) is 5.94. The van der Waals surface area contributed by atoms with Crippen LogP contribution in [0.1, 0.15) is 56.6 Å². The van der Waals surface area contributed by atoms with Crippen molar-refractivity contribution in [2.45, 2.75) is 64.6 Å². The zero-order valence-corrected chi connectivity index (χ0v) is 15.5. The fourth-order valence-electron chi connectivity index (χ4n) is 3.37. The average molecular weight is 348 g/mol. The Balaban J connectivity index is 1.88. The molecule has 1 saturated heterocycles. The predicted molar refractivity (Wildman–Crippen MR) is 101 cm³/mol. The van der Waals surface area contributed by atoms with Crippen molar-refractivity contribution in [3.63, 3.8) is 0 Å². The van der Waals surface area contributed by atoms with Crippen LogP contribution < -0.4 is 10.6 Å². The number of hydrogen-bond donors (Lipinski definition) is 3. The third kappa shape index (κ3) is 7.04. The lowest BCUT2D eigenvalue weighted by atomic mass is 10.1. The molecule has 1 aromatic carbocycles. The summed E-state index contributed by atoms with van der Waals surface area (Å²) in [5.74, 6) is 0. The van der Waals surface area contributed by atoms with Gasteiger partial charge in [-0.1, -0.05) is 44.0 Å². The van der Waals surface area contributed by atoms with E-state index in [1.165, 1.54) is 49.9 Å². The third-order valence-electron chi connectivity index (χ3n) is 4.96. The molecule has 1 aliphatic rings. The van der Waals surface area contributed by atoms with Gasteiger partial charge in [0.2, 0.25) is 0 Å². The maximum Gasteiger partial charge on any atom is 0.315 e. The van der Waals surface area contributed by atoms with Gasteiger partial charge in [-0.3, -0.25) is 4.90 Å². The first-order valence-electron chi connectivity index (χ1n) is 9.67. The molecule has 5 heteroatoms. The first kappa shape index (κ1) is 19.7. The van der Waals surface area contributed by atoms with Crippen LogP contribution in [-0.2, 0) is 13.1 Å². The van der Waals surface area contributed by atoms with Crippen molar-refractivity contribution >= 4 is 6.03 Å². The molecule has 3 N–H and O–H groups in total. The number of likely N-dealkylation sites (tertiary alicyclic amines) is 1. The quantitative estimate of drug-likeness (QED) is 0.677. The van der Waals surface area contributed by atoms with Crippen LogP contribution in [0, 0.1) is 0 Å². The van der Waals surface area contributed by atoms with Crippen LogP contribution in [0.2, 0.25) is 0 Å². The van der Waals surface area contributed by atoms with Gasteiger partial charge in [-0.2, -0.15) is 0 Å². The molecule has 0 aliphatic carbocycles. The summed E-state index contributed by atoms with van der Waals surface area (Å²) >= 11 is 0. The summed E-state index contributed by atoms with van der Waals surface area (Å²) in [7, 11) is 0. The molecule has 1 unspecified atom stereocenters. The van der Waals surface area contributed by atoms with Gasteiger partial charge in [0, 0.05) is 25.7 Å². The molecule has 0 bridgehead atoms. The number of aliphatic hydroxyl groups excluding tert-OH is 1. The lowest BCUT2D eigenvalue weighted by Crippen LogP contribution is -2.42. The van der Waals surface area contributed by atoms with Gasteiger partial charge in [0.15, 0.2) is 0 Å². The molecule has 2 amide bonds. The molecule has 5 nitrogen and oxygen atoms in total. The minimum absolute atomic E-state index is 0.0253. The van der Waals surface area contributed by atoms with Gasteiger partial charge in [0.1, 0.15) is 0 Å². The normalized spacial score (nSPS) is 16.9. The van der Waals surface area contributed by atoms with Crippen molar-refractivity contribution in [1.82, 2.24) is 15.5 Å². The molecule has 140 valence electrons. The van der Waals surface area contributed by atoms with E-state index in [0.717, 1.165) is 13.0 Å². The van der Waals surface area contributed by atoms with E-state index < -0.39 is 0 Å². The van der Waals surface area contributed by atoms with Crippen molar-refractivity contribution in [3.05, 3.63) is 35.4 Å². The maximum atomic E-state index is 12.1. The predicted octanol–water partition coefficient (Wildman–Crippen LogP) is 3.02. The van der Waals surface area contributed by atoms with Crippen molar-refractivity contribution in [1.29, 1.82) is 0 Å². The summed E-state index contributed by atoms with van der Waals surface area (Å²) in [6.07, 6.45) is 6.66. The molecular formula is C20H33N3O2. The number of nitrogens with one attached hydrogen (secondary N) is 2. The number of amides is 2. The molecule has 0 spiro atoms. The Bertz CT molecular complexity index is 513. The lowest BCUT2D eigenvalue weighted by molar-refractivity contribution is 0.227. The first-order chi connectivity index (χ1) is 12.2. The molecule has 1 atom stereocenters. The van der Waals surface area contributed by atoms with Crippen LogP contribution in [0.5, 0.6) is 0 Å². The van der Waals surface area contributed by atoms with E-state index in [-0.39, 0.29) is 18.7 Å². The largest absolute Gasteiger partial charge is 0.396 e. The fraction of sp³-hybridized carbons (Fsp3) is 0.650. The number of urea groups is 1. The summed E-state index contributed by atoms with van der Waals surface area (Å²) in [5, 5.41) is 14.9. The van der Waals surface area contributed by atoms with Crippen LogP contribution in [0.3, 0.4) is 0 Å². The van der Waals surface area contributed by atoms with Gasteiger partial charge in [0.25, 0.3) is 0 Å². The molecule has 0 saturated carbocycles. The van der Waals surface area contributed by atoms with Crippen molar-refractivity contribution in [2.24, 2.45) is 0 Å². The van der Waals surface area contributed by atoms with Gasteiger partial charge >= 0.3 is 6.03 Å². The summed E-state index contributed by atoms with van der Waals surface area (Å²) in [4.78, 5) is 14.6. The topological polar surface area (TPSA) is 64.6 Å². The Morgan fingerprint density at radius 2 is 1.84 bits per heavy atom. The zero-order valence-electron chi connectivity index (χ0n) is 15.5. The molecule has 0 aromatic heterocycles. The highest BCUT2D eigenvalue weighted by molar-refractivity contribution is 5.74. The van der Waals surface area contributed by atoms with Gasteiger partial charge in [-0.15, -0.1) is 0 Å². The number of carbonyl (C=O) groups is 1. The molecule has 1 heterocycles.